The molecule has 0 unspecified atom stereocenters. The highest BCUT2D eigenvalue weighted by atomic mass is 35.5. The van der Waals surface area contributed by atoms with Gasteiger partial charge < -0.3 is 9.15 Å². The molecule has 0 aliphatic heterocycles. The van der Waals surface area contributed by atoms with Gasteiger partial charge in [0.1, 0.15) is 11.3 Å². The molecule has 0 bridgehead atoms. The van der Waals surface area contributed by atoms with Crippen LogP contribution in [0.25, 0.3) is 11.0 Å². The minimum Gasteiger partial charge on any atom is -0.484 e. The smallest absolute Gasteiger partial charge is 0.336 e. The van der Waals surface area contributed by atoms with E-state index in [-0.39, 0.29) is 6.61 Å². The van der Waals surface area contributed by atoms with Gasteiger partial charge in [-0.1, -0.05) is 0 Å². The predicted molar refractivity (Wildman–Crippen MR) is 58.8 cm³/mol. The zero-order valence-electron chi connectivity index (χ0n) is 8.10. The second kappa shape index (κ2) is 4.37. The van der Waals surface area contributed by atoms with E-state index in [1.54, 1.807) is 18.2 Å². The number of benzene rings is 1. The van der Waals surface area contributed by atoms with Gasteiger partial charge in [-0.2, -0.15) is 0 Å². The highest BCUT2D eigenvalue weighted by Gasteiger charge is 2.02. The molecule has 0 radical (unpaired) electrons. The molecule has 0 spiro atoms. The van der Waals surface area contributed by atoms with Crippen LogP contribution in [0.15, 0.2) is 39.5 Å². The molecule has 0 N–H and O–H groups in total. The standard InChI is InChI=1S/C11H7ClO4/c12-10(13)6-15-8-3-1-7-2-4-11(14)16-9(7)5-8/h1-5H,6H2. The molecule has 0 saturated heterocycles. The molecule has 0 fully saturated rings. The Morgan fingerprint density at radius 3 is 2.81 bits per heavy atom. The summed E-state index contributed by atoms with van der Waals surface area (Å²) >= 11 is 5.13. The Morgan fingerprint density at radius 1 is 1.31 bits per heavy atom. The lowest BCUT2D eigenvalue weighted by Crippen LogP contribution is -2.04. The summed E-state index contributed by atoms with van der Waals surface area (Å²) in [6.45, 7) is -0.218. The average Bonchev–Trinajstić information content (AvgIpc) is 2.25. The topological polar surface area (TPSA) is 56.5 Å². The van der Waals surface area contributed by atoms with Crippen LogP contribution in [0.4, 0.5) is 0 Å². The summed E-state index contributed by atoms with van der Waals surface area (Å²) in [6, 6.07) is 7.92. The third-order valence-corrected chi connectivity index (χ3v) is 2.06. The third-order valence-electron chi connectivity index (χ3n) is 1.95. The Labute approximate surface area is 95.4 Å². The maximum Gasteiger partial charge on any atom is 0.336 e. The monoisotopic (exact) mass is 238 g/mol. The summed E-state index contributed by atoms with van der Waals surface area (Å²) < 4.78 is 10.0. The number of carbonyl (C=O) groups is 1. The molecule has 1 aromatic heterocycles. The number of carbonyl (C=O) groups excluding carboxylic acids is 1. The fraction of sp³-hybridized carbons (Fsp3) is 0.0909. The Kier molecular flexibility index (Phi) is 2.92. The Balaban J connectivity index is 2.35. The van der Waals surface area contributed by atoms with Crippen molar-refractivity contribution in [2.24, 2.45) is 0 Å². The van der Waals surface area contributed by atoms with E-state index >= 15 is 0 Å². The van der Waals surface area contributed by atoms with Gasteiger partial charge >= 0.3 is 5.63 Å². The maximum atomic E-state index is 11.0. The Morgan fingerprint density at radius 2 is 2.06 bits per heavy atom. The van der Waals surface area contributed by atoms with Crippen molar-refractivity contribution in [2.45, 2.75) is 0 Å². The van der Waals surface area contributed by atoms with Crippen molar-refractivity contribution in [3.05, 3.63) is 40.8 Å². The van der Waals surface area contributed by atoms with E-state index in [9.17, 15) is 9.59 Å². The fourth-order valence-electron chi connectivity index (χ4n) is 1.27. The first-order valence-electron chi connectivity index (χ1n) is 4.50. The van der Waals surface area contributed by atoms with E-state index in [2.05, 4.69) is 0 Å². The number of halogens is 1. The van der Waals surface area contributed by atoms with E-state index < -0.39 is 10.9 Å². The summed E-state index contributed by atoms with van der Waals surface area (Å²) in [4.78, 5) is 21.5. The van der Waals surface area contributed by atoms with Crippen molar-refractivity contribution < 1.29 is 13.9 Å². The van der Waals surface area contributed by atoms with Crippen molar-refractivity contribution in [1.29, 1.82) is 0 Å². The first-order chi connectivity index (χ1) is 7.65. The predicted octanol–water partition coefficient (Wildman–Crippen LogP) is 1.94. The van der Waals surface area contributed by atoms with Crippen molar-refractivity contribution in [3.8, 4) is 5.75 Å². The molecule has 0 atom stereocenters. The molecular weight excluding hydrogens is 232 g/mol. The number of ether oxygens (including phenoxy) is 1. The summed E-state index contributed by atoms with van der Waals surface area (Å²) in [5, 5.41) is 0.193. The van der Waals surface area contributed by atoms with Crippen LogP contribution < -0.4 is 10.4 Å². The van der Waals surface area contributed by atoms with Gasteiger partial charge in [-0.3, -0.25) is 4.79 Å². The Bertz CT molecular complexity index is 588. The second-order valence-electron chi connectivity index (χ2n) is 3.10. The summed E-state index contributed by atoms with van der Waals surface area (Å²) in [6.07, 6.45) is 0. The van der Waals surface area contributed by atoms with Crippen molar-refractivity contribution in [1.82, 2.24) is 0 Å². The van der Waals surface area contributed by atoms with Gasteiger partial charge in [-0.05, 0) is 29.8 Å². The molecule has 1 heterocycles. The number of rotatable bonds is 3. The van der Waals surface area contributed by atoms with Crippen LogP contribution in [0, 0.1) is 0 Å². The van der Waals surface area contributed by atoms with Crippen molar-refractivity contribution in [3.63, 3.8) is 0 Å². The van der Waals surface area contributed by atoms with Crippen LogP contribution in [0.3, 0.4) is 0 Å². The molecule has 2 aromatic rings. The molecular formula is C11H7ClO4. The first-order valence-corrected chi connectivity index (χ1v) is 4.88. The molecule has 0 aliphatic carbocycles. The largest absolute Gasteiger partial charge is 0.484 e. The van der Waals surface area contributed by atoms with Crippen LogP contribution in [0.2, 0.25) is 0 Å². The molecule has 5 heteroatoms. The van der Waals surface area contributed by atoms with Gasteiger partial charge in [-0.25, -0.2) is 4.79 Å². The molecule has 0 aliphatic rings. The van der Waals surface area contributed by atoms with E-state index in [1.807, 2.05) is 0 Å². The van der Waals surface area contributed by atoms with Gasteiger partial charge in [0.2, 0.25) is 0 Å². The summed E-state index contributed by atoms with van der Waals surface area (Å²) in [5.41, 5.74) is -0.0231. The fourth-order valence-corrected chi connectivity index (χ4v) is 1.33. The molecule has 2 rings (SSSR count). The number of hydrogen-bond acceptors (Lipinski definition) is 4. The quantitative estimate of drug-likeness (QED) is 0.606. The molecule has 0 amide bonds. The van der Waals surface area contributed by atoms with Crippen LogP contribution in [0.5, 0.6) is 5.75 Å². The van der Waals surface area contributed by atoms with E-state index in [1.165, 1.54) is 12.1 Å². The van der Waals surface area contributed by atoms with E-state index in [4.69, 9.17) is 20.8 Å². The van der Waals surface area contributed by atoms with Crippen molar-refractivity contribution >= 4 is 27.8 Å². The van der Waals surface area contributed by atoms with Gasteiger partial charge in [-0.15, -0.1) is 0 Å². The van der Waals surface area contributed by atoms with Gasteiger partial charge in [0.05, 0.1) is 0 Å². The Hall–Kier alpha value is -1.81. The average molecular weight is 239 g/mol. The minimum absolute atomic E-state index is 0.218. The molecule has 1 aromatic carbocycles. The van der Waals surface area contributed by atoms with E-state index in [0.29, 0.717) is 11.3 Å². The normalized spacial score (nSPS) is 10.3. The van der Waals surface area contributed by atoms with Gasteiger partial charge in [0.25, 0.3) is 5.24 Å². The van der Waals surface area contributed by atoms with Crippen LogP contribution in [-0.2, 0) is 4.79 Å². The molecule has 82 valence electrons. The maximum absolute atomic E-state index is 11.0. The summed E-state index contributed by atoms with van der Waals surface area (Å²) in [5.74, 6) is 0.427. The van der Waals surface area contributed by atoms with Crippen LogP contribution >= 0.6 is 11.6 Å². The lowest BCUT2D eigenvalue weighted by Gasteiger charge is -2.03. The van der Waals surface area contributed by atoms with Gasteiger partial charge in [0, 0.05) is 17.5 Å². The second-order valence-corrected chi connectivity index (χ2v) is 3.52. The van der Waals surface area contributed by atoms with Crippen LogP contribution in [0.1, 0.15) is 0 Å². The van der Waals surface area contributed by atoms with Crippen LogP contribution in [-0.4, -0.2) is 11.8 Å². The molecule has 16 heavy (non-hydrogen) atoms. The third kappa shape index (κ3) is 2.41. The number of hydrogen-bond donors (Lipinski definition) is 0. The zero-order valence-corrected chi connectivity index (χ0v) is 8.86. The first kappa shape index (κ1) is 10.7. The van der Waals surface area contributed by atoms with Gasteiger partial charge in [0.15, 0.2) is 6.61 Å². The summed E-state index contributed by atoms with van der Waals surface area (Å²) in [7, 11) is 0. The lowest BCUT2D eigenvalue weighted by atomic mass is 10.2. The highest BCUT2D eigenvalue weighted by Crippen LogP contribution is 2.19. The molecule has 4 nitrogen and oxygen atoms in total. The van der Waals surface area contributed by atoms with Crippen molar-refractivity contribution in [2.75, 3.05) is 6.61 Å². The molecule has 0 saturated carbocycles. The zero-order chi connectivity index (χ0) is 11.5. The SMILES string of the molecule is O=C(Cl)COc1ccc2ccc(=O)oc2c1. The minimum atomic E-state index is -0.588. The highest BCUT2D eigenvalue weighted by molar-refractivity contribution is 6.63. The number of fused-ring (bicyclic) bond motifs is 1. The lowest BCUT2D eigenvalue weighted by molar-refractivity contribution is -0.113. The van der Waals surface area contributed by atoms with E-state index in [0.717, 1.165) is 5.39 Å².